The molecule has 0 radical (unpaired) electrons. The van der Waals surface area contributed by atoms with Crippen LogP contribution in [0.25, 0.3) is 5.69 Å². The SMILES string of the molecule is O=C(c1ccn(-c2ccccc2)n1)N1C[C@@H]2CCC[C@@]2(C(=O)O)C1. The van der Waals surface area contributed by atoms with E-state index in [-0.39, 0.29) is 11.8 Å². The molecule has 1 N–H and O–H groups in total. The van der Waals surface area contributed by atoms with Gasteiger partial charge in [-0.3, -0.25) is 9.59 Å². The predicted molar refractivity (Wildman–Crippen MR) is 86.9 cm³/mol. The lowest BCUT2D eigenvalue weighted by Crippen LogP contribution is -2.37. The molecule has 1 aliphatic heterocycles. The molecule has 6 heteroatoms. The maximum atomic E-state index is 12.7. The van der Waals surface area contributed by atoms with E-state index in [2.05, 4.69) is 5.10 Å². The van der Waals surface area contributed by atoms with Crippen LogP contribution in [0.2, 0.25) is 0 Å². The molecular weight excluding hydrogens is 306 g/mol. The van der Waals surface area contributed by atoms with E-state index < -0.39 is 11.4 Å². The fraction of sp³-hybridized carbons (Fsp3) is 0.389. The number of aromatic nitrogens is 2. The van der Waals surface area contributed by atoms with Crippen molar-refractivity contribution in [1.29, 1.82) is 0 Å². The van der Waals surface area contributed by atoms with E-state index in [9.17, 15) is 14.7 Å². The van der Waals surface area contributed by atoms with E-state index in [4.69, 9.17) is 0 Å². The smallest absolute Gasteiger partial charge is 0.311 e. The molecule has 1 aromatic heterocycles. The molecule has 1 saturated carbocycles. The Morgan fingerprint density at radius 2 is 2.00 bits per heavy atom. The van der Waals surface area contributed by atoms with E-state index in [1.807, 2.05) is 30.3 Å². The molecule has 2 atom stereocenters. The molecule has 124 valence electrons. The average molecular weight is 325 g/mol. The summed E-state index contributed by atoms with van der Waals surface area (Å²) in [4.78, 5) is 26.1. The monoisotopic (exact) mass is 325 g/mol. The van der Waals surface area contributed by atoms with Crippen LogP contribution in [0.3, 0.4) is 0 Å². The van der Waals surface area contributed by atoms with Gasteiger partial charge in [0.05, 0.1) is 11.1 Å². The van der Waals surface area contributed by atoms with Gasteiger partial charge < -0.3 is 10.0 Å². The quantitative estimate of drug-likeness (QED) is 0.939. The largest absolute Gasteiger partial charge is 0.481 e. The van der Waals surface area contributed by atoms with Crippen molar-refractivity contribution in [1.82, 2.24) is 14.7 Å². The van der Waals surface area contributed by atoms with Gasteiger partial charge in [0.25, 0.3) is 5.91 Å². The van der Waals surface area contributed by atoms with Gasteiger partial charge in [0, 0.05) is 19.3 Å². The number of fused-ring (bicyclic) bond motifs is 1. The summed E-state index contributed by atoms with van der Waals surface area (Å²) in [5, 5.41) is 14.0. The Kier molecular flexibility index (Phi) is 3.40. The van der Waals surface area contributed by atoms with Crippen molar-refractivity contribution in [2.45, 2.75) is 19.3 Å². The third-order valence-electron chi connectivity index (χ3n) is 5.41. The van der Waals surface area contributed by atoms with Crippen LogP contribution in [-0.4, -0.2) is 44.8 Å². The van der Waals surface area contributed by atoms with Gasteiger partial charge in [-0.2, -0.15) is 5.10 Å². The first-order valence-corrected chi connectivity index (χ1v) is 8.24. The number of carboxylic acids is 1. The predicted octanol–water partition coefficient (Wildman–Crippen LogP) is 2.20. The second kappa shape index (κ2) is 5.47. The summed E-state index contributed by atoms with van der Waals surface area (Å²) < 4.78 is 1.66. The highest BCUT2D eigenvalue weighted by Gasteiger charge is 2.55. The molecule has 1 aromatic carbocycles. The van der Waals surface area contributed by atoms with Crippen molar-refractivity contribution in [2.75, 3.05) is 13.1 Å². The van der Waals surface area contributed by atoms with Crippen LogP contribution in [0, 0.1) is 11.3 Å². The maximum absolute atomic E-state index is 12.7. The minimum atomic E-state index is -0.768. The van der Waals surface area contributed by atoms with Crippen LogP contribution in [0.15, 0.2) is 42.6 Å². The molecule has 1 amide bonds. The van der Waals surface area contributed by atoms with Gasteiger partial charge in [-0.25, -0.2) is 4.68 Å². The zero-order valence-electron chi connectivity index (χ0n) is 13.3. The molecule has 0 spiro atoms. The van der Waals surface area contributed by atoms with Crippen LogP contribution in [0.1, 0.15) is 29.8 Å². The van der Waals surface area contributed by atoms with Gasteiger partial charge in [0.15, 0.2) is 5.69 Å². The molecule has 0 bridgehead atoms. The number of hydrogen-bond acceptors (Lipinski definition) is 3. The summed E-state index contributed by atoms with van der Waals surface area (Å²) >= 11 is 0. The molecular formula is C18H19N3O3. The van der Waals surface area contributed by atoms with Gasteiger partial charge >= 0.3 is 5.97 Å². The molecule has 1 saturated heterocycles. The number of carboxylic acid groups (broad SMARTS) is 1. The first-order valence-electron chi connectivity index (χ1n) is 8.24. The van der Waals surface area contributed by atoms with Gasteiger partial charge in [-0.05, 0) is 37.0 Å². The van der Waals surface area contributed by atoms with E-state index in [0.29, 0.717) is 25.2 Å². The first-order chi connectivity index (χ1) is 11.6. The number of hydrogen-bond donors (Lipinski definition) is 1. The zero-order valence-corrected chi connectivity index (χ0v) is 13.3. The Morgan fingerprint density at radius 3 is 2.71 bits per heavy atom. The van der Waals surface area contributed by atoms with E-state index in [1.165, 1.54) is 0 Å². The molecule has 0 unspecified atom stereocenters. The van der Waals surface area contributed by atoms with Crippen molar-refractivity contribution < 1.29 is 14.7 Å². The second-order valence-electron chi connectivity index (χ2n) is 6.72. The molecule has 4 rings (SSSR count). The number of carbonyl (C=O) groups is 2. The number of carbonyl (C=O) groups excluding carboxylic acids is 1. The van der Waals surface area contributed by atoms with Crippen LogP contribution >= 0.6 is 0 Å². The highest BCUT2D eigenvalue weighted by Crippen LogP contribution is 2.49. The number of amides is 1. The minimum Gasteiger partial charge on any atom is -0.481 e. The number of nitrogens with zero attached hydrogens (tertiary/aromatic N) is 3. The standard InChI is InChI=1S/C18H19N3O3/c22-16(15-8-10-21(19-15)14-6-2-1-3-7-14)20-11-13-5-4-9-18(13,12-20)17(23)24/h1-3,6-8,10,13H,4-5,9,11-12H2,(H,23,24)/t13-,18+/m0/s1. The molecule has 1 aliphatic carbocycles. The molecule has 2 aromatic rings. The lowest BCUT2D eigenvalue weighted by Gasteiger charge is -2.23. The Hall–Kier alpha value is -2.63. The van der Waals surface area contributed by atoms with Crippen LogP contribution in [0.5, 0.6) is 0 Å². The molecule has 2 heterocycles. The summed E-state index contributed by atoms with van der Waals surface area (Å²) in [6.45, 7) is 0.813. The third kappa shape index (κ3) is 2.21. The number of likely N-dealkylation sites (tertiary alicyclic amines) is 1. The van der Waals surface area contributed by atoms with Crippen molar-refractivity contribution in [3.63, 3.8) is 0 Å². The number of aliphatic carboxylic acids is 1. The molecule has 2 fully saturated rings. The fourth-order valence-corrected chi connectivity index (χ4v) is 4.12. The van der Waals surface area contributed by atoms with Gasteiger partial charge in [0.1, 0.15) is 0 Å². The number of para-hydroxylation sites is 1. The summed E-state index contributed by atoms with van der Waals surface area (Å²) in [6.07, 6.45) is 4.23. The van der Waals surface area contributed by atoms with Gasteiger partial charge in [-0.1, -0.05) is 24.6 Å². The van der Waals surface area contributed by atoms with E-state index in [0.717, 1.165) is 18.5 Å². The lowest BCUT2D eigenvalue weighted by molar-refractivity contribution is -0.149. The summed E-state index contributed by atoms with van der Waals surface area (Å²) in [6, 6.07) is 11.3. The summed E-state index contributed by atoms with van der Waals surface area (Å²) in [5.41, 5.74) is 0.494. The fourth-order valence-electron chi connectivity index (χ4n) is 4.12. The normalized spacial score (nSPS) is 25.7. The summed E-state index contributed by atoms with van der Waals surface area (Å²) in [5.74, 6) is -0.884. The average Bonchev–Trinajstić information content (AvgIpc) is 3.29. The second-order valence-corrected chi connectivity index (χ2v) is 6.72. The zero-order chi connectivity index (χ0) is 16.7. The van der Waals surface area contributed by atoms with Crippen molar-refractivity contribution in [3.05, 3.63) is 48.3 Å². The molecule has 24 heavy (non-hydrogen) atoms. The Balaban J connectivity index is 1.55. The summed E-state index contributed by atoms with van der Waals surface area (Å²) in [7, 11) is 0. The Morgan fingerprint density at radius 1 is 1.21 bits per heavy atom. The Bertz CT molecular complexity index is 786. The van der Waals surface area contributed by atoms with Gasteiger partial charge in [0.2, 0.25) is 0 Å². The lowest BCUT2D eigenvalue weighted by atomic mass is 9.81. The number of benzene rings is 1. The molecule has 2 aliphatic rings. The van der Waals surface area contributed by atoms with Crippen molar-refractivity contribution in [3.8, 4) is 5.69 Å². The van der Waals surface area contributed by atoms with Crippen LogP contribution in [-0.2, 0) is 4.79 Å². The van der Waals surface area contributed by atoms with E-state index >= 15 is 0 Å². The third-order valence-corrected chi connectivity index (χ3v) is 5.41. The first kappa shape index (κ1) is 14.9. The highest BCUT2D eigenvalue weighted by atomic mass is 16.4. The van der Waals surface area contributed by atoms with Crippen LogP contribution < -0.4 is 0 Å². The maximum Gasteiger partial charge on any atom is 0.311 e. The molecule has 6 nitrogen and oxygen atoms in total. The minimum absolute atomic E-state index is 0.0650. The Labute approximate surface area is 139 Å². The topological polar surface area (TPSA) is 75.4 Å². The van der Waals surface area contributed by atoms with Crippen molar-refractivity contribution in [2.24, 2.45) is 11.3 Å². The van der Waals surface area contributed by atoms with E-state index in [1.54, 1.807) is 21.8 Å². The van der Waals surface area contributed by atoms with Crippen LogP contribution in [0.4, 0.5) is 0 Å². The number of rotatable bonds is 3. The van der Waals surface area contributed by atoms with Crippen molar-refractivity contribution >= 4 is 11.9 Å². The highest BCUT2D eigenvalue weighted by molar-refractivity contribution is 5.93. The van der Waals surface area contributed by atoms with Gasteiger partial charge in [-0.15, -0.1) is 0 Å².